The summed E-state index contributed by atoms with van der Waals surface area (Å²) in [4.78, 5) is 33.8. The van der Waals surface area contributed by atoms with Gasteiger partial charge < -0.3 is 10.2 Å². The van der Waals surface area contributed by atoms with Crippen LogP contribution in [-0.2, 0) is 11.2 Å². The molecular weight excluding hydrogens is 412 g/mol. The molecule has 10 heteroatoms. The molecule has 0 bridgehead atoms. The summed E-state index contributed by atoms with van der Waals surface area (Å²) in [6.07, 6.45) is 0.718. The zero-order valence-electron chi connectivity index (χ0n) is 16.0. The van der Waals surface area contributed by atoms with Gasteiger partial charge in [-0.3, -0.25) is 14.5 Å². The minimum absolute atomic E-state index is 0.0522. The van der Waals surface area contributed by atoms with Gasteiger partial charge in [0.2, 0.25) is 16.0 Å². The average molecular weight is 433 g/mol. The summed E-state index contributed by atoms with van der Waals surface area (Å²) in [5.74, 6) is -0.0522. The number of anilines is 2. The normalized spacial score (nSPS) is 15.0. The van der Waals surface area contributed by atoms with Crippen LogP contribution in [0.25, 0.3) is 4.96 Å². The molecule has 1 aromatic carbocycles. The largest absolute Gasteiger partial charge is 0.344 e. The van der Waals surface area contributed by atoms with E-state index in [4.69, 9.17) is 11.6 Å². The number of fused-ring (bicyclic) bond motifs is 1. The van der Waals surface area contributed by atoms with Crippen molar-refractivity contribution in [3.63, 3.8) is 0 Å². The molecule has 152 valence electrons. The lowest BCUT2D eigenvalue weighted by Crippen LogP contribution is -2.48. The van der Waals surface area contributed by atoms with Crippen molar-refractivity contribution < 1.29 is 4.79 Å². The third-order valence-corrected chi connectivity index (χ3v) is 6.01. The van der Waals surface area contributed by atoms with Crippen LogP contribution in [0.1, 0.15) is 12.6 Å². The summed E-state index contributed by atoms with van der Waals surface area (Å²) < 4.78 is 1.37. The molecule has 1 amide bonds. The number of hydrogen-bond donors (Lipinski definition) is 1. The highest BCUT2D eigenvalue weighted by Crippen LogP contribution is 2.22. The molecule has 0 unspecified atom stereocenters. The number of nitrogens with one attached hydrogen (secondary N) is 1. The highest BCUT2D eigenvalue weighted by Gasteiger charge is 2.22. The first-order valence-electron chi connectivity index (χ1n) is 9.44. The second-order valence-corrected chi connectivity index (χ2v) is 8.21. The highest BCUT2D eigenvalue weighted by molar-refractivity contribution is 7.20. The molecule has 1 aliphatic rings. The van der Waals surface area contributed by atoms with Crippen molar-refractivity contribution in [2.45, 2.75) is 13.3 Å². The quantitative estimate of drug-likeness (QED) is 0.665. The van der Waals surface area contributed by atoms with Crippen LogP contribution in [0, 0.1) is 0 Å². The van der Waals surface area contributed by atoms with Crippen molar-refractivity contribution in [2.75, 3.05) is 42.9 Å². The molecule has 4 rings (SSSR count). The Morgan fingerprint density at radius 2 is 1.93 bits per heavy atom. The first kappa shape index (κ1) is 19.8. The Bertz CT molecular complexity index is 1070. The zero-order chi connectivity index (χ0) is 20.4. The molecule has 1 fully saturated rings. The van der Waals surface area contributed by atoms with E-state index >= 15 is 0 Å². The Hall–Kier alpha value is -2.49. The van der Waals surface area contributed by atoms with Crippen LogP contribution >= 0.6 is 22.9 Å². The van der Waals surface area contributed by atoms with Crippen molar-refractivity contribution in [1.29, 1.82) is 0 Å². The van der Waals surface area contributed by atoms with Crippen molar-refractivity contribution in [1.82, 2.24) is 19.5 Å². The van der Waals surface area contributed by atoms with Gasteiger partial charge in [-0.05, 0) is 30.7 Å². The minimum atomic E-state index is -0.146. The van der Waals surface area contributed by atoms with E-state index in [1.54, 1.807) is 24.3 Å². The van der Waals surface area contributed by atoms with E-state index in [1.165, 1.54) is 21.9 Å². The maximum Gasteiger partial charge on any atom is 0.275 e. The molecule has 1 aliphatic heterocycles. The smallest absolute Gasteiger partial charge is 0.275 e. The van der Waals surface area contributed by atoms with Crippen LogP contribution in [-0.4, -0.2) is 58.1 Å². The van der Waals surface area contributed by atoms with Gasteiger partial charge in [0.15, 0.2) is 0 Å². The molecule has 2 aromatic heterocycles. The first-order chi connectivity index (χ1) is 14.0. The molecule has 0 radical (unpaired) electrons. The fraction of sp³-hybridized carbons (Fsp3) is 0.368. The van der Waals surface area contributed by atoms with Gasteiger partial charge in [0, 0.05) is 48.6 Å². The second-order valence-electron chi connectivity index (χ2n) is 6.84. The lowest BCUT2D eigenvalue weighted by molar-refractivity contribution is -0.117. The number of rotatable bonds is 5. The van der Waals surface area contributed by atoms with Crippen LogP contribution in [0.2, 0.25) is 5.02 Å². The fourth-order valence-corrected chi connectivity index (χ4v) is 4.29. The number of aryl methyl sites for hydroxylation is 1. The lowest BCUT2D eigenvalue weighted by Gasteiger charge is -2.33. The third-order valence-electron chi connectivity index (χ3n) is 4.79. The number of nitrogens with zero attached hydrogens (tertiary/aromatic N) is 5. The maximum atomic E-state index is 12.3. The standard InChI is InChI=1S/C19H21ClN6O2S/c1-2-14-11-17(28)26-18(22-14)29-19(23-26)25-9-7-24(8-10-25)12-16(27)21-15-5-3-13(20)4-6-15/h3-6,11H,2,7-10,12H2,1H3,(H,21,27). The van der Waals surface area contributed by atoms with Crippen LogP contribution in [0.5, 0.6) is 0 Å². The van der Waals surface area contributed by atoms with Crippen molar-refractivity contribution in [3.05, 3.63) is 51.4 Å². The molecule has 0 saturated carbocycles. The van der Waals surface area contributed by atoms with Gasteiger partial charge in [0.25, 0.3) is 5.56 Å². The summed E-state index contributed by atoms with van der Waals surface area (Å²) >= 11 is 7.29. The Kier molecular flexibility index (Phi) is 5.79. The lowest BCUT2D eigenvalue weighted by atomic mass is 10.3. The number of piperazine rings is 1. The SMILES string of the molecule is CCc1cc(=O)n2nc(N3CCN(CC(=O)Nc4ccc(Cl)cc4)CC3)sc2n1. The van der Waals surface area contributed by atoms with Gasteiger partial charge in [0.05, 0.1) is 6.54 Å². The van der Waals surface area contributed by atoms with E-state index in [9.17, 15) is 9.59 Å². The zero-order valence-corrected chi connectivity index (χ0v) is 17.5. The number of amides is 1. The number of hydrogen-bond acceptors (Lipinski definition) is 7. The monoisotopic (exact) mass is 432 g/mol. The van der Waals surface area contributed by atoms with Crippen LogP contribution in [0.15, 0.2) is 35.1 Å². The van der Waals surface area contributed by atoms with Gasteiger partial charge in [-0.2, -0.15) is 4.52 Å². The molecule has 3 aromatic rings. The van der Waals surface area contributed by atoms with Crippen LogP contribution in [0.3, 0.4) is 0 Å². The molecule has 3 heterocycles. The van der Waals surface area contributed by atoms with Gasteiger partial charge in [-0.25, -0.2) is 4.98 Å². The number of aromatic nitrogens is 3. The Balaban J connectivity index is 1.35. The maximum absolute atomic E-state index is 12.3. The number of benzene rings is 1. The Morgan fingerprint density at radius 1 is 1.21 bits per heavy atom. The van der Waals surface area contributed by atoms with E-state index in [-0.39, 0.29) is 11.5 Å². The molecule has 0 spiro atoms. The second kappa shape index (κ2) is 8.48. The van der Waals surface area contributed by atoms with Crippen LogP contribution in [0.4, 0.5) is 10.8 Å². The molecule has 0 atom stereocenters. The van der Waals surface area contributed by atoms with Crippen molar-refractivity contribution >= 4 is 44.6 Å². The summed E-state index contributed by atoms with van der Waals surface area (Å²) in [5.41, 5.74) is 1.37. The van der Waals surface area contributed by atoms with E-state index in [0.717, 1.165) is 49.1 Å². The summed E-state index contributed by atoms with van der Waals surface area (Å²) in [7, 11) is 0. The molecule has 8 nitrogen and oxygen atoms in total. The van der Waals surface area contributed by atoms with Crippen LogP contribution < -0.4 is 15.8 Å². The van der Waals surface area contributed by atoms with Crippen molar-refractivity contribution in [3.8, 4) is 0 Å². The van der Waals surface area contributed by atoms with E-state index < -0.39 is 0 Å². The third kappa shape index (κ3) is 4.58. The predicted molar refractivity (Wildman–Crippen MR) is 115 cm³/mol. The van der Waals surface area contributed by atoms with E-state index in [1.807, 2.05) is 6.92 Å². The van der Waals surface area contributed by atoms with E-state index in [2.05, 4.69) is 25.2 Å². The minimum Gasteiger partial charge on any atom is -0.344 e. The predicted octanol–water partition coefficient (Wildman–Crippen LogP) is 2.13. The Morgan fingerprint density at radius 3 is 2.62 bits per heavy atom. The molecule has 0 aliphatic carbocycles. The van der Waals surface area contributed by atoms with Gasteiger partial charge in [0.1, 0.15) is 0 Å². The average Bonchev–Trinajstić information content (AvgIpc) is 3.15. The van der Waals surface area contributed by atoms with E-state index in [0.29, 0.717) is 16.5 Å². The number of carbonyl (C=O) groups excluding carboxylic acids is 1. The molecular formula is C19H21ClN6O2S. The van der Waals surface area contributed by atoms with Gasteiger partial charge in [-0.15, -0.1) is 5.10 Å². The molecule has 1 N–H and O–H groups in total. The fourth-order valence-electron chi connectivity index (χ4n) is 3.19. The molecule has 29 heavy (non-hydrogen) atoms. The molecule has 1 saturated heterocycles. The van der Waals surface area contributed by atoms with Gasteiger partial charge >= 0.3 is 0 Å². The first-order valence-corrected chi connectivity index (χ1v) is 10.6. The highest BCUT2D eigenvalue weighted by atomic mass is 35.5. The number of carbonyl (C=O) groups is 1. The summed E-state index contributed by atoms with van der Waals surface area (Å²) in [5, 5.41) is 8.74. The summed E-state index contributed by atoms with van der Waals surface area (Å²) in [6, 6.07) is 8.60. The topological polar surface area (TPSA) is 82.8 Å². The summed E-state index contributed by atoms with van der Waals surface area (Å²) in [6.45, 7) is 5.27. The Labute approximate surface area is 176 Å². The number of halogens is 1. The van der Waals surface area contributed by atoms with Crippen molar-refractivity contribution in [2.24, 2.45) is 0 Å². The van der Waals surface area contributed by atoms with Gasteiger partial charge in [-0.1, -0.05) is 29.9 Å².